The predicted molar refractivity (Wildman–Crippen MR) is 58.8 cm³/mol. The van der Waals surface area contributed by atoms with Crippen LogP contribution in [0.25, 0.3) is 22.6 Å². The number of nitrogens with zero attached hydrogens (tertiary/aromatic N) is 3. The third-order valence-corrected chi connectivity index (χ3v) is 2.44. The number of alkyl halides is 3. The molecular weight excluding hydrogens is 263 g/mol. The van der Waals surface area contributed by atoms with E-state index in [0.717, 1.165) is 6.07 Å². The van der Waals surface area contributed by atoms with Gasteiger partial charge in [-0.15, -0.1) is 0 Å². The van der Waals surface area contributed by atoms with E-state index < -0.39 is 11.9 Å². The number of hydrogen-bond acceptors (Lipinski definition) is 5. The van der Waals surface area contributed by atoms with Gasteiger partial charge in [0.05, 0.1) is 6.26 Å². The van der Waals surface area contributed by atoms with Gasteiger partial charge in [-0.25, -0.2) is 9.97 Å². The first-order chi connectivity index (χ1) is 8.95. The number of rotatable bonds is 1. The number of aromatic amines is 1. The van der Waals surface area contributed by atoms with Crippen molar-refractivity contribution in [3.8, 4) is 11.5 Å². The van der Waals surface area contributed by atoms with Crippen molar-refractivity contribution < 1.29 is 17.6 Å². The summed E-state index contributed by atoms with van der Waals surface area (Å²) in [4.78, 5) is 7.89. The van der Waals surface area contributed by atoms with Crippen molar-refractivity contribution in [1.82, 2.24) is 20.2 Å². The molecule has 0 aliphatic carbocycles. The standard InChI is InChI=1S/C10H6F3N5O/c11-10(12,13)6-3-5(17-18-6)9-15-4-1-2-19-7(4)8(14)16-9/h1-3H,(H,17,18)(H2,14,15,16). The zero-order chi connectivity index (χ0) is 13.6. The topological polar surface area (TPSA) is 93.6 Å². The summed E-state index contributed by atoms with van der Waals surface area (Å²) >= 11 is 0. The van der Waals surface area contributed by atoms with Gasteiger partial charge in [-0.1, -0.05) is 0 Å². The second-order valence-corrected chi connectivity index (χ2v) is 3.73. The van der Waals surface area contributed by atoms with Crippen molar-refractivity contribution in [2.24, 2.45) is 0 Å². The molecule has 3 aromatic rings. The first-order valence-electron chi connectivity index (χ1n) is 5.09. The van der Waals surface area contributed by atoms with Gasteiger partial charge in [-0.05, 0) is 6.07 Å². The summed E-state index contributed by atoms with van der Waals surface area (Å²) in [6.45, 7) is 0. The Kier molecular flexibility index (Phi) is 2.24. The van der Waals surface area contributed by atoms with E-state index in [9.17, 15) is 13.2 Å². The van der Waals surface area contributed by atoms with Crippen LogP contribution in [0.2, 0.25) is 0 Å². The molecule has 0 saturated heterocycles. The molecule has 0 spiro atoms. The monoisotopic (exact) mass is 269 g/mol. The Bertz CT molecular complexity index is 745. The van der Waals surface area contributed by atoms with Gasteiger partial charge in [0.1, 0.15) is 16.9 Å². The Balaban J connectivity index is 2.11. The molecule has 9 heteroatoms. The van der Waals surface area contributed by atoms with Crippen LogP contribution >= 0.6 is 0 Å². The summed E-state index contributed by atoms with van der Waals surface area (Å²) in [6.07, 6.45) is -3.14. The molecule has 6 nitrogen and oxygen atoms in total. The fourth-order valence-corrected chi connectivity index (χ4v) is 1.58. The molecule has 0 atom stereocenters. The largest absolute Gasteiger partial charge is 0.459 e. The Hall–Kier alpha value is -2.58. The lowest BCUT2D eigenvalue weighted by Crippen LogP contribution is -2.04. The Morgan fingerprint density at radius 2 is 2.05 bits per heavy atom. The van der Waals surface area contributed by atoms with Gasteiger partial charge in [0.15, 0.2) is 17.2 Å². The molecule has 0 saturated carbocycles. The van der Waals surface area contributed by atoms with Gasteiger partial charge >= 0.3 is 6.18 Å². The van der Waals surface area contributed by atoms with Crippen molar-refractivity contribution >= 4 is 16.9 Å². The molecule has 3 N–H and O–H groups in total. The number of fused-ring (bicyclic) bond motifs is 1. The van der Waals surface area contributed by atoms with Gasteiger partial charge < -0.3 is 10.2 Å². The van der Waals surface area contributed by atoms with Gasteiger partial charge in [0, 0.05) is 6.07 Å². The summed E-state index contributed by atoms with van der Waals surface area (Å²) in [5.74, 6) is 0.0414. The summed E-state index contributed by atoms with van der Waals surface area (Å²) < 4.78 is 42.4. The van der Waals surface area contributed by atoms with E-state index in [2.05, 4.69) is 15.1 Å². The molecule has 3 heterocycles. The molecule has 0 amide bonds. The molecular formula is C10H6F3N5O. The predicted octanol–water partition coefficient (Wildman–Crippen LogP) is 2.21. The normalized spacial score (nSPS) is 12.2. The van der Waals surface area contributed by atoms with Crippen LogP contribution < -0.4 is 5.73 Å². The van der Waals surface area contributed by atoms with E-state index in [1.807, 2.05) is 5.10 Å². The molecule has 0 aliphatic rings. The summed E-state index contributed by atoms with van der Waals surface area (Å²) in [5, 5.41) is 5.42. The van der Waals surface area contributed by atoms with Gasteiger partial charge in [0.25, 0.3) is 0 Å². The van der Waals surface area contributed by atoms with Gasteiger partial charge in [0.2, 0.25) is 0 Å². The zero-order valence-corrected chi connectivity index (χ0v) is 9.19. The van der Waals surface area contributed by atoms with Crippen molar-refractivity contribution in [2.45, 2.75) is 6.18 Å². The Morgan fingerprint density at radius 1 is 1.26 bits per heavy atom. The van der Waals surface area contributed by atoms with Crippen LogP contribution in [0.15, 0.2) is 22.8 Å². The third-order valence-electron chi connectivity index (χ3n) is 2.44. The maximum absolute atomic E-state index is 12.4. The summed E-state index contributed by atoms with van der Waals surface area (Å²) in [6, 6.07) is 2.36. The van der Waals surface area contributed by atoms with Crippen molar-refractivity contribution in [3.63, 3.8) is 0 Å². The van der Waals surface area contributed by atoms with E-state index >= 15 is 0 Å². The number of anilines is 1. The molecule has 0 aromatic carbocycles. The highest BCUT2D eigenvalue weighted by molar-refractivity contribution is 5.83. The minimum Gasteiger partial charge on any atom is -0.459 e. The second kappa shape index (κ2) is 3.70. The molecule has 19 heavy (non-hydrogen) atoms. The number of nitrogens with two attached hydrogens (primary N) is 1. The average molecular weight is 269 g/mol. The summed E-state index contributed by atoms with van der Waals surface area (Å²) in [5.41, 5.74) is 5.30. The number of furan rings is 1. The lowest BCUT2D eigenvalue weighted by Gasteiger charge is -2.00. The number of nitrogen functional groups attached to an aromatic ring is 1. The number of halogens is 3. The Labute approximate surface area is 103 Å². The molecule has 0 fully saturated rings. The van der Waals surface area contributed by atoms with E-state index in [1.165, 1.54) is 12.3 Å². The van der Waals surface area contributed by atoms with Crippen molar-refractivity contribution in [3.05, 3.63) is 24.1 Å². The molecule has 0 unspecified atom stereocenters. The minimum absolute atomic E-state index is 0.00171. The summed E-state index contributed by atoms with van der Waals surface area (Å²) in [7, 11) is 0. The number of aromatic nitrogens is 4. The molecule has 3 rings (SSSR count). The zero-order valence-electron chi connectivity index (χ0n) is 9.19. The van der Waals surface area contributed by atoms with Crippen LogP contribution in [0.3, 0.4) is 0 Å². The first-order valence-corrected chi connectivity index (χ1v) is 5.09. The van der Waals surface area contributed by atoms with Gasteiger partial charge in [-0.3, -0.25) is 5.10 Å². The molecule has 98 valence electrons. The highest BCUT2D eigenvalue weighted by Gasteiger charge is 2.33. The number of H-pyrrole nitrogens is 1. The number of hydrogen-bond donors (Lipinski definition) is 2. The van der Waals surface area contributed by atoms with Crippen LogP contribution in [0.5, 0.6) is 0 Å². The first kappa shape index (κ1) is 11.5. The highest BCUT2D eigenvalue weighted by atomic mass is 19.4. The van der Waals surface area contributed by atoms with Crippen molar-refractivity contribution in [2.75, 3.05) is 5.73 Å². The average Bonchev–Trinajstić information content (AvgIpc) is 2.96. The minimum atomic E-state index is -4.50. The lowest BCUT2D eigenvalue weighted by atomic mass is 10.3. The fourth-order valence-electron chi connectivity index (χ4n) is 1.58. The van der Waals surface area contributed by atoms with E-state index in [0.29, 0.717) is 5.52 Å². The van der Waals surface area contributed by atoms with E-state index in [1.54, 1.807) is 0 Å². The highest BCUT2D eigenvalue weighted by Crippen LogP contribution is 2.30. The van der Waals surface area contributed by atoms with E-state index in [4.69, 9.17) is 10.2 Å². The maximum Gasteiger partial charge on any atom is 0.432 e. The molecule has 0 aliphatic heterocycles. The smallest absolute Gasteiger partial charge is 0.432 e. The Morgan fingerprint density at radius 3 is 2.74 bits per heavy atom. The second-order valence-electron chi connectivity index (χ2n) is 3.73. The lowest BCUT2D eigenvalue weighted by molar-refractivity contribution is -0.141. The third kappa shape index (κ3) is 1.88. The number of nitrogens with one attached hydrogen (secondary N) is 1. The van der Waals surface area contributed by atoms with Crippen LogP contribution in [0.1, 0.15) is 5.69 Å². The SMILES string of the molecule is Nc1nc(-c2cc(C(F)(F)F)[nH]n2)nc2ccoc12. The fraction of sp³-hybridized carbons (Fsp3) is 0.100. The van der Waals surface area contributed by atoms with Crippen LogP contribution in [0, 0.1) is 0 Å². The maximum atomic E-state index is 12.4. The molecule has 0 radical (unpaired) electrons. The van der Waals surface area contributed by atoms with Crippen LogP contribution in [0.4, 0.5) is 19.0 Å². The molecule has 3 aromatic heterocycles. The molecule has 0 bridgehead atoms. The van der Waals surface area contributed by atoms with E-state index in [-0.39, 0.29) is 22.9 Å². The van der Waals surface area contributed by atoms with Crippen molar-refractivity contribution in [1.29, 1.82) is 0 Å². The van der Waals surface area contributed by atoms with Crippen LogP contribution in [-0.2, 0) is 6.18 Å². The van der Waals surface area contributed by atoms with Gasteiger partial charge in [-0.2, -0.15) is 18.3 Å². The quantitative estimate of drug-likeness (QED) is 0.706. The van der Waals surface area contributed by atoms with Crippen LogP contribution in [-0.4, -0.2) is 20.2 Å².